The molecule has 0 saturated carbocycles. The summed E-state index contributed by atoms with van der Waals surface area (Å²) < 4.78 is 16.8. The van der Waals surface area contributed by atoms with Gasteiger partial charge in [0.25, 0.3) is 5.91 Å². The Kier molecular flexibility index (Phi) is 13.5. The molecule has 3 amide bonds. The van der Waals surface area contributed by atoms with E-state index in [4.69, 9.17) is 13.9 Å². The summed E-state index contributed by atoms with van der Waals surface area (Å²) in [7, 11) is 0. The first kappa shape index (κ1) is 36.8. The molecule has 3 N–H and O–H groups in total. The van der Waals surface area contributed by atoms with Crippen LogP contribution in [-0.4, -0.2) is 82.6 Å². The maximum atomic E-state index is 13.7. The van der Waals surface area contributed by atoms with E-state index < -0.39 is 42.1 Å². The fraction of sp³-hybridized carbons (Fsp3) is 0.444. The second-order valence-corrected chi connectivity index (χ2v) is 12.3. The highest BCUT2D eigenvalue weighted by atomic mass is 16.6. The molecule has 0 unspecified atom stereocenters. The number of para-hydroxylation sites is 1. The highest BCUT2D eigenvalue weighted by Gasteiger charge is 2.39. The topological polar surface area (TPSA) is 177 Å². The maximum absolute atomic E-state index is 13.7. The minimum atomic E-state index is -1.04. The molecule has 1 saturated heterocycles. The van der Waals surface area contributed by atoms with Crippen molar-refractivity contribution in [2.24, 2.45) is 11.8 Å². The van der Waals surface area contributed by atoms with E-state index in [-0.39, 0.29) is 55.2 Å². The van der Waals surface area contributed by atoms with Crippen molar-refractivity contribution in [1.29, 1.82) is 0 Å². The van der Waals surface area contributed by atoms with Crippen LogP contribution in [0, 0.1) is 11.8 Å². The van der Waals surface area contributed by atoms with E-state index >= 15 is 0 Å². The van der Waals surface area contributed by atoms with E-state index in [1.807, 2.05) is 19.9 Å². The normalized spacial score (nSPS) is 26.0. The van der Waals surface area contributed by atoms with Crippen molar-refractivity contribution in [3.05, 3.63) is 84.1 Å². The lowest BCUT2D eigenvalue weighted by Crippen LogP contribution is -2.44. The summed E-state index contributed by atoms with van der Waals surface area (Å²) in [4.78, 5) is 70.2. The minimum Gasteiger partial charge on any atom is -0.460 e. The molecule has 13 nitrogen and oxygen atoms in total. The van der Waals surface area contributed by atoms with Crippen LogP contribution in [0.15, 0.2) is 77.0 Å². The number of rotatable bonds is 5. The number of anilines is 1. The fourth-order valence-electron chi connectivity index (χ4n) is 5.73. The van der Waals surface area contributed by atoms with Crippen LogP contribution in [0.5, 0.6) is 0 Å². The zero-order valence-electron chi connectivity index (χ0n) is 28.0. The summed E-state index contributed by atoms with van der Waals surface area (Å²) in [5, 5.41) is 15.8. The SMILES string of the molecule is CC1=C\[C@@H](O)CC(=O)Cc2nc(co2)C(=O)N2CCC[C@@H]2C(=O)O[C@H]([C@H](C)CCOC(=O)Nc2ccccc2)[C@H](C)/C=C/C(=O)NC\C=C\1. The Morgan fingerprint density at radius 1 is 1.18 bits per heavy atom. The predicted octanol–water partition coefficient (Wildman–Crippen LogP) is 4.15. The molecule has 4 rings (SSSR count). The Balaban J connectivity index is 1.51. The van der Waals surface area contributed by atoms with Gasteiger partial charge in [-0.2, -0.15) is 0 Å². The van der Waals surface area contributed by atoms with Gasteiger partial charge in [0.05, 0.1) is 19.1 Å². The third kappa shape index (κ3) is 11.3. The molecule has 3 heterocycles. The summed E-state index contributed by atoms with van der Waals surface area (Å²) in [6.45, 7) is 6.00. The van der Waals surface area contributed by atoms with Gasteiger partial charge in [0.1, 0.15) is 24.2 Å². The van der Waals surface area contributed by atoms with Crippen LogP contribution in [-0.2, 0) is 30.3 Å². The number of carbonyl (C=O) groups excluding carboxylic acids is 5. The molecule has 5 atom stereocenters. The summed E-state index contributed by atoms with van der Waals surface area (Å²) in [6, 6.07) is 8.01. The first-order valence-electron chi connectivity index (χ1n) is 16.5. The number of cyclic esters (lactones) is 1. The third-order valence-corrected chi connectivity index (χ3v) is 8.28. The van der Waals surface area contributed by atoms with Gasteiger partial charge in [0.15, 0.2) is 5.69 Å². The molecule has 2 aromatic rings. The number of hydrogen-bond donors (Lipinski definition) is 3. The van der Waals surface area contributed by atoms with Crippen LogP contribution in [0.2, 0.25) is 0 Å². The Labute approximate surface area is 285 Å². The minimum absolute atomic E-state index is 0.0303. The number of amides is 3. The third-order valence-electron chi connectivity index (χ3n) is 8.28. The zero-order chi connectivity index (χ0) is 35.3. The standard InChI is InChI=1S/C36H44N4O9/c1-23-9-7-16-37-31(43)14-13-24(2)33(25(3)15-18-47-36(46)38-26-10-5-4-6-11-26)49-35(45)30-12-8-17-40(30)34(44)29-22-48-32(39-29)21-28(42)20-27(41)19-23/h4-7,9-11,13-14,19,22,24-25,27,30,33,41H,8,12,15-18,20-21H2,1-3H3,(H,37,43)(H,38,46)/b9-7+,14-13+,23-19+/t24-,25-,27-,30-,33+/m1/s1. The van der Waals surface area contributed by atoms with Gasteiger partial charge in [0.2, 0.25) is 11.8 Å². The summed E-state index contributed by atoms with van der Waals surface area (Å²) in [5.74, 6) is -2.53. The molecule has 0 spiro atoms. The van der Waals surface area contributed by atoms with Gasteiger partial charge in [0, 0.05) is 31.1 Å². The number of aromatic nitrogens is 1. The number of fused-ring (bicyclic) bond motifs is 3. The van der Waals surface area contributed by atoms with E-state index in [1.54, 1.807) is 49.4 Å². The second-order valence-electron chi connectivity index (χ2n) is 12.3. The molecular weight excluding hydrogens is 632 g/mol. The molecule has 1 fully saturated rings. The van der Waals surface area contributed by atoms with Gasteiger partial charge in [-0.25, -0.2) is 14.6 Å². The van der Waals surface area contributed by atoms with E-state index in [2.05, 4.69) is 15.6 Å². The number of Topliss-reactive ketones (excluding diaryl/α,β-unsaturated/α-hetero) is 1. The van der Waals surface area contributed by atoms with Gasteiger partial charge in [-0.15, -0.1) is 0 Å². The summed E-state index contributed by atoms with van der Waals surface area (Å²) >= 11 is 0. The number of esters is 1. The number of benzene rings is 1. The van der Waals surface area contributed by atoms with Crippen molar-refractivity contribution >= 4 is 35.3 Å². The lowest BCUT2D eigenvalue weighted by molar-refractivity contribution is -0.158. The number of hydrogen-bond acceptors (Lipinski definition) is 10. The molecule has 1 aromatic carbocycles. The summed E-state index contributed by atoms with van der Waals surface area (Å²) in [6.07, 6.45) is 7.66. The second kappa shape index (κ2) is 17.9. The molecule has 0 aliphatic carbocycles. The van der Waals surface area contributed by atoms with Crippen LogP contribution in [0.4, 0.5) is 10.5 Å². The van der Waals surface area contributed by atoms with Crippen molar-refractivity contribution in [2.75, 3.05) is 25.0 Å². The summed E-state index contributed by atoms with van der Waals surface area (Å²) in [5.41, 5.74) is 1.25. The quantitative estimate of drug-likeness (QED) is 0.390. The van der Waals surface area contributed by atoms with E-state index in [0.29, 0.717) is 37.1 Å². The molecule has 2 aliphatic heterocycles. The Morgan fingerprint density at radius 2 is 1.96 bits per heavy atom. The van der Waals surface area contributed by atoms with Crippen molar-refractivity contribution in [1.82, 2.24) is 15.2 Å². The zero-order valence-corrected chi connectivity index (χ0v) is 28.0. The average molecular weight is 677 g/mol. The maximum Gasteiger partial charge on any atom is 0.411 e. The van der Waals surface area contributed by atoms with Gasteiger partial charge < -0.3 is 29.2 Å². The van der Waals surface area contributed by atoms with E-state index in [1.165, 1.54) is 17.1 Å². The molecule has 13 heteroatoms. The smallest absolute Gasteiger partial charge is 0.411 e. The first-order chi connectivity index (χ1) is 23.5. The van der Waals surface area contributed by atoms with Crippen molar-refractivity contribution in [2.45, 2.75) is 71.1 Å². The number of ketones is 1. The highest BCUT2D eigenvalue weighted by Crippen LogP contribution is 2.27. The average Bonchev–Trinajstić information content (AvgIpc) is 3.74. The van der Waals surface area contributed by atoms with Crippen molar-refractivity contribution in [3.8, 4) is 0 Å². The molecule has 262 valence electrons. The number of aliphatic hydroxyl groups excluding tert-OH is 1. The largest absolute Gasteiger partial charge is 0.460 e. The number of carbonyl (C=O) groups is 5. The number of allylic oxidation sites excluding steroid dienone is 2. The van der Waals surface area contributed by atoms with Gasteiger partial charge in [-0.05, 0) is 50.3 Å². The van der Waals surface area contributed by atoms with Gasteiger partial charge in [-0.1, -0.05) is 61.9 Å². The number of oxazole rings is 1. The van der Waals surface area contributed by atoms with Gasteiger partial charge in [-0.3, -0.25) is 19.7 Å². The molecule has 0 radical (unpaired) electrons. The lowest BCUT2D eigenvalue weighted by atomic mass is 9.90. The monoisotopic (exact) mass is 676 g/mol. The number of ether oxygens (including phenoxy) is 2. The van der Waals surface area contributed by atoms with Crippen molar-refractivity contribution < 1.29 is 43.0 Å². The van der Waals surface area contributed by atoms with E-state index in [0.717, 1.165) is 6.26 Å². The molecule has 2 bridgehead atoms. The Bertz CT molecular complexity index is 1560. The Hall–Kier alpha value is -5.04. The van der Waals surface area contributed by atoms with Crippen LogP contribution < -0.4 is 10.6 Å². The number of nitrogens with one attached hydrogen (secondary N) is 2. The first-order valence-corrected chi connectivity index (χ1v) is 16.5. The molecular formula is C36H44N4O9. The van der Waals surface area contributed by atoms with E-state index in [9.17, 15) is 29.1 Å². The highest BCUT2D eigenvalue weighted by molar-refractivity contribution is 5.95. The molecule has 2 aliphatic rings. The van der Waals surface area contributed by atoms with Gasteiger partial charge >= 0.3 is 12.1 Å². The molecule has 49 heavy (non-hydrogen) atoms. The van der Waals surface area contributed by atoms with Crippen LogP contribution in [0.25, 0.3) is 0 Å². The number of aliphatic hydroxyl groups is 1. The van der Waals surface area contributed by atoms with Crippen molar-refractivity contribution in [3.63, 3.8) is 0 Å². The number of nitrogens with zero attached hydrogens (tertiary/aromatic N) is 2. The fourth-order valence-corrected chi connectivity index (χ4v) is 5.73. The Morgan fingerprint density at radius 3 is 2.73 bits per heavy atom. The molecule has 1 aromatic heterocycles. The van der Waals surface area contributed by atoms with Crippen LogP contribution >= 0.6 is 0 Å². The lowest BCUT2D eigenvalue weighted by Gasteiger charge is -2.31. The van der Waals surface area contributed by atoms with Crippen LogP contribution in [0.3, 0.4) is 0 Å². The van der Waals surface area contributed by atoms with Crippen LogP contribution in [0.1, 0.15) is 62.8 Å². The predicted molar refractivity (Wildman–Crippen MR) is 179 cm³/mol.